The van der Waals surface area contributed by atoms with Crippen molar-refractivity contribution in [2.24, 2.45) is 0 Å². The summed E-state index contributed by atoms with van der Waals surface area (Å²) >= 11 is 0. The molecule has 0 saturated heterocycles. The van der Waals surface area contributed by atoms with Crippen LogP contribution >= 0.6 is 0 Å². The second-order valence-electron chi connectivity index (χ2n) is 2.23. The summed E-state index contributed by atoms with van der Waals surface area (Å²) in [7, 11) is 0. The van der Waals surface area contributed by atoms with Crippen molar-refractivity contribution in [2.45, 2.75) is 6.92 Å². The largest absolute Gasteiger partial charge is 0.299 e. The van der Waals surface area contributed by atoms with Crippen LogP contribution in [0.15, 0.2) is 24.5 Å². The van der Waals surface area contributed by atoms with Crippen molar-refractivity contribution in [1.82, 2.24) is 4.98 Å². The fourth-order valence-electron chi connectivity index (χ4n) is 0.794. The first kappa shape index (κ1) is 7.66. The monoisotopic (exact) mass is 147 g/mol. The smallest absolute Gasteiger partial charge is 0.142 e. The third-order valence-electron chi connectivity index (χ3n) is 1.43. The highest BCUT2D eigenvalue weighted by molar-refractivity contribution is 5.74. The molecule has 1 aromatic heterocycles. The molecule has 0 N–H and O–H groups in total. The first-order valence-electron chi connectivity index (χ1n) is 3.37. The maximum Gasteiger partial charge on any atom is 0.142 e. The van der Waals surface area contributed by atoms with E-state index >= 15 is 0 Å². The van der Waals surface area contributed by atoms with Crippen LogP contribution in [0.3, 0.4) is 0 Å². The molecule has 0 aromatic carbocycles. The van der Waals surface area contributed by atoms with Crippen molar-refractivity contribution < 1.29 is 4.79 Å². The predicted molar refractivity (Wildman–Crippen MR) is 44.1 cm³/mol. The molecule has 0 saturated carbocycles. The van der Waals surface area contributed by atoms with Gasteiger partial charge in [-0.15, -0.1) is 0 Å². The molecule has 0 atom stereocenters. The molecule has 0 fully saturated rings. The van der Waals surface area contributed by atoms with Crippen molar-refractivity contribution in [3.05, 3.63) is 35.7 Å². The van der Waals surface area contributed by atoms with E-state index in [0.29, 0.717) is 0 Å². The second-order valence-corrected chi connectivity index (χ2v) is 2.23. The molecule has 0 radical (unpaired) electrons. The maximum absolute atomic E-state index is 9.98. The molecule has 0 aliphatic heterocycles. The van der Waals surface area contributed by atoms with E-state index in [1.807, 2.05) is 13.0 Å². The highest BCUT2D eigenvalue weighted by atomic mass is 16.1. The highest BCUT2D eigenvalue weighted by Gasteiger charge is 1.89. The summed E-state index contributed by atoms with van der Waals surface area (Å²) in [6.45, 7) is 1.98. The lowest BCUT2D eigenvalue weighted by Gasteiger charge is -1.95. The van der Waals surface area contributed by atoms with Gasteiger partial charge in [-0.05, 0) is 36.3 Å². The zero-order chi connectivity index (χ0) is 8.10. The second kappa shape index (κ2) is 3.66. The number of hydrogen-bond acceptors (Lipinski definition) is 2. The lowest BCUT2D eigenvalue weighted by atomic mass is 10.1. The van der Waals surface area contributed by atoms with Crippen LogP contribution in [0.1, 0.15) is 11.1 Å². The number of carbonyl (C=O) groups excluding carboxylic acids is 1. The number of carbonyl (C=O) groups is 1. The Labute approximate surface area is 65.6 Å². The standard InChI is InChI=1S/C9H9NO/c1-8-4-5-10-7-9(8)3-2-6-11/h2-7H,1H3. The van der Waals surface area contributed by atoms with Crippen LogP contribution in [0.5, 0.6) is 0 Å². The molecule has 1 aromatic rings. The molecule has 0 aliphatic carbocycles. The lowest BCUT2D eigenvalue weighted by molar-refractivity contribution is -0.104. The molecule has 1 heterocycles. The number of rotatable bonds is 2. The number of allylic oxidation sites excluding steroid dienone is 1. The molecular formula is C9H9NO. The number of aryl methyl sites for hydroxylation is 1. The Hall–Kier alpha value is -1.44. The zero-order valence-electron chi connectivity index (χ0n) is 6.32. The summed E-state index contributed by atoms with van der Waals surface area (Å²) in [5.41, 5.74) is 2.11. The van der Waals surface area contributed by atoms with Crippen molar-refractivity contribution in [3.63, 3.8) is 0 Å². The first-order valence-corrected chi connectivity index (χ1v) is 3.37. The average molecular weight is 147 g/mol. The number of nitrogens with zero attached hydrogens (tertiary/aromatic N) is 1. The maximum atomic E-state index is 9.98. The van der Waals surface area contributed by atoms with Crippen LogP contribution in [-0.2, 0) is 4.79 Å². The summed E-state index contributed by atoms with van der Waals surface area (Å²) in [6.07, 6.45) is 7.43. The van der Waals surface area contributed by atoms with E-state index < -0.39 is 0 Å². The molecule has 0 bridgehead atoms. The third-order valence-corrected chi connectivity index (χ3v) is 1.43. The lowest BCUT2D eigenvalue weighted by Crippen LogP contribution is -1.80. The predicted octanol–water partition coefficient (Wildman–Crippen LogP) is 1.60. The molecule has 0 amide bonds. The van der Waals surface area contributed by atoms with Crippen LogP contribution in [0.4, 0.5) is 0 Å². The molecule has 0 unspecified atom stereocenters. The van der Waals surface area contributed by atoms with Gasteiger partial charge in [-0.2, -0.15) is 0 Å². The summed E-state index contributed by atoms with van der Waals surface area (Å²) in [6, 6.07) is 1.91. The molecule has 2 heteroatoms. The van der Waals surface area contributed by atoms with Gasteiger partial charge in [0.2, 0.25) is 0 Å². The van der Waals surface area contributed by atoms with Gasteiger partial charge < -0.3 is 0 Å². The van der Waals surface area contributed by atoms with Crippen molar-refractivity contribution in [3.8, 4) is 0 Å². The molecule has 56 valence electrons. The third kappa shape index (κ3) is 2.00. The average Bonchev–Trinajstić information content (AvgIpc) is 2.03. The van der Waals surface area contributed by atoms with Gasteiger partial charge in [-0.1, -0.05) is 0 Å². The van der Waals surface area contributed by atoms with E-state index in [1.165, 1.54) is 6.08 Å². The van der Waals surface area contributed by atoms with Crippen LogP contribution < -0.4 is 0 Å². The SMILES string of the molecule is Cc1ccncc1C=CC=O. The fraction of sp³-hybridized carbons (Fsp3) is 0.111. The van der Waals surface area contributed by atoms with Gasteiger partial charge >= 0.3 is 0 Å². The Morgan fingerprint density at radius 2 is 2.36 bits per heavy atom. The zero-order valence-corrected chi connectivity index (χ0v) is 6.32. The van der Waals surface area contributed by atoms with E-state index in [4.69, 9.17) is 0 Å². The molecule has 1 rings (SSSR count). The number of pyridine rings is 1. The van der Waals surface area contributed by atoms with Crippen LogP contribution in [-0.4, -0.2) is 11.3 Å². The summed E-state index contributed by atoms with van der Waals surface area (Å²) in [4.78, 5) is 13.9. The normalized spacial score (nSPS) is 10.3. The number of hydrogen-bond donors (Lipinski definition) is 0. The van der Waals surface area contributed by atoms with E-state index in [9.17, 15) is 4.79 Å². The molecule has 0 spiro atoms. The van der Waals surface area contributed by atoms with Gasteiger partial charge in [0.25, 0.3) is 0 Å². The minimum absolute atomic E-state index is 0.756. The van der Waals surface area contributed by atoms with Crippen LogP contribution in [0.2, 0.25) is 0 Å². The Morgan fingerprint density at radius 1 is 1.55 bits per heavy atom. The van der Waals surface area contributed by atoms with Gasteiger partial charge in [0, 0.05) is 12.4 Å². The fourth-order valence-corrected chi connectivity index (χ4v) is 0.794. The van der Waals surface area contributed by atoms with Gasteiger partial charge in [0.15, 0.2) is 0 Å². The molecular weight excluding hydrogens is 138 g/mol. The minimum Gasteiger partial charge on any atom is -0.299 e. The topological polar surface area (TPSA) is 30.0 Å². The molecule has 11 heavy (non-hydrogen) atoms. The van der Waals surface area contributed by atoms with E-state index in [2.05, 4.69) is 4.98 Å². The van der Waals surface area contributed by atoms with Crippen LogP contribution in [0, 0.1) is 6.92 Å². The Kier molecular flexibility index (Phi) is 2.55. The Balaban J connectivity index is 2.94. The van der Waals surface area contributed by atoms with Crippen molar-refractivity contribution in [2.75, 3.05) is 0 Å². The van der Waals surface area contributed by atoms with Gasteiger partial charge in [-0.25, -0.2) is 0 Å². The highest BCUT2D eigenvalue weighted by Crippen LogP contribution is 2.05. The summed E-state index contributed by atoms with van der Waals surface area (Å²) < 4.78 is 0. The summed E-state index contributed by atoms with van der Waals surface area (Å²) in [5.74, 6) is 0. The van der Waals surface area contributed by atoms with E-state index in [-0.39, 0.29) is 0 Å². The van der Waals surface area contributed by atoms with Gasteiger partial charge in [0.1, 0.15) is 6.29 Å². The number of aromatic nitrogens is 1. The molecule has 2 nitrogen and oxygen atoms in total. The quantitative estimate of drug-likeness (QED) is 0.469. The van der Waals surface area contributed by atoms with Crippen LogP contribution in [0.25, 0.3) is 6.08 Å². The minimum atomic E-state index is 0.756. The van der Waals surface area contributed by atoms with Gasteiger partial charge in [-0.3, -0.25) is 9.78 Å². The first-order chi connectivity index (χ1) is 5.34. The molecule has 0 aliphatic rings. The Bertz CT molecular complexity index is 279. The van der Waals surface area contributed by atoms with E-state index in [0.717, 1.165) is 17.4 Å². The van der Waals surface area contributed by atoms with Crippen molar-refractivity contribution >= 4 is 12.4 Å². The number of aldehydes is 1. The van der Waals surface area contributed by atoms with E-state index in [1.54, 1.807) is 18.5 Å². The summed E-state index contributed by atoms with van der Waals surface area (Å²) in [5, 5.41) is 0. The Morgan fingerprint density at radius 3 is 3.00 bits per heavy atom. The van der Waals surface area contributed by atoms with Gasteiger partial charge in [0.05, 0.1) is 0 Å². The van der Waals surface area contributed by atoms with Crippen molar-refractivity contribution in [1.29, 1.82) is 0 Å².